The first kappa shape index (κ1) is 21.5. The first-order chi connectivity index (χ1) is 16.6. The van der Waals surface area contributed by atoms with Crippen LogP contribution in [0.25, 0.3) is 16.7 Å². The normalized spacial score (nSPS) is 17.4. The number of pyridine rings is 1. The number of aliphatic hydroxyl groups excluding tert-OH is 1. The van der Waals surface area contributed by atoms with E-state index in [1.165, 1.54) is 4.90 Å². The van der Waals surface area contributed by atoms with Crippen LogP contribution in [0.1, 0.15) is 22.9 Å². The minimum Gasteiger partial charge on any atom is -0.507 e. The van der Waals surface area contributed by atoms with Gasteiger partial charge < -0.3 is 19.7 Å². The maximum atomic E-state index is 13.1. The first-order valence-electron chi connectivity index (χ1n) is 11.0. The summed E-state index contributed by atoms with van der Waals surface area (Å²) in [5, 5.41) is 12.2. The van der Waals surface area contributed by atoms with Crippen LogP contribution in [-0.2, 0) is 16.0 Å². The van der Waals surface area contributed by atoms with Crippen molar-refractivity contribution < 1.29 is 19.4 Å². The van der Waals surface area contributed by atoms with E-state index in [4.69, 9.17) is 4.74 Å². The molecule has 0 radical (unpaired) electrons. The Hall–Kier alpha value is -4.39. The Labute approximate surface area is 196 Å². The predicted octanol–water partition coefficient (Wildman–Crippen LogP) is 4.24. The van der Waals surface area contributed by atoms with Crippen LogP contribution in [0.15, 0.2) is 84.7 Å². The van der Waals surface area contributed by atoms with Crippen LogP contribution in [0.2, 0.25) is 0 Å². The number of ketones is 1. The van der Waals surface area contributed by atoms with Gasteiger partial charge in [0.25, 0.3) is 11.7 Å². The molecule has 2 aromatic carbocycles. The summed E-state index contributed by atoms with van der Waals surface area (Å²) in [5.41, 5.74) is 3.05. The van der Waals surface area contributed by atoms with Crippen LogP contribution in [0.5, 0.6) is 5.75 Å². The molecule has 2 aromatic heterocycles. The molecule has 7 heteroatoms. The van der Waals surface area contributed by atoms with Gasteiger partial charge in [0.05, 0.1) is 18.4 Å². The number of aromatic amines is 1. The first-order valence-corrected chi connectivity index (χ1v) is 11.0. The third kappa shape index (κ3) is 3.71. The number of amides is 1. The van der Waals surface area contributed by atoms with Gasteiger partial charge in [-0.3, -0.25) is 14.6 Å². The lowest BCUT2D eigenvalue weighted by Gasteiger charge is -2.24. The van der Waals surface area contributed by atoms with Crippen LogP contribution in [-0.4, -0.2) is 45.3 Å². The maximum absolute atomic E-state index is 13.1. The Bertz CT molecular complexity index is 1390. The smallest absolute Gasteiger partial charge is 0.295 e. The van der Waals surface area contributed by atoms with Crippen molar-refractivity contribution in [2.75, 3.05) is 13.7 Å². The van der Waals surface area contributed by atoms with E-state index in [1.807, 2.05) is 30.5 Å². The molecule has 1 aliphatic heterocycles. The van der Waals surface area contributed by atoms with Gasteiger partial charge in [-0.05, 0) is 54.4 Å². The maximum Gasteiger partial charge on any atom is 0.295 e. The number of rotatable bonds is 6. The van der Waals surface area contributed by atoms with Crippen molar-refractivity contribution in [3.05, 3.63) is 102 Å². The number of ether oxygens (including phenoxy) is 1. The standard InChI is InChI=1S/C27H23N3O4/c1-34-19-11-9-17(10-12-19)25(31)23-24(22-8-4-5-14-28-22)30(27(33)26(23)32)15-13-18-16-29-21-7-3-2-6-20(18)21/h2-12,14,16,24,29,31H,13,15H2,1H3/b25-23+. The van der Waals surface area contributed by atoms with Crippen LogP contribution in [0, 0.1) is 0 Å². The summed E-state index contributed by atoms with van der Waals surface area (Å²) in [6.07, 6.45) is 4.08. The van der Waals surface area contributed by atoms with Crippen molar-refractivity contribution >= 4 is 28.4 Å². The number of fused-ring (bicyclic) bond motifs is 1. The molecule has 7 nitrogen and oxygen atoms in total. The van der Waals surface area contributed by atoms with E-state index >= 15 is 0 Å². The van der Waals surface area contributed by atoms with E-state index < -0.39 is 17.7 Å². The van der Waals surface area contributed by atoms with Crippen molar-refractivity contribution in [1.29, 1.82) is 0 Å². The molecule has 1 aliphatic rings. The van der Waals surface area contributed by atoms with Gasteiger partial charge in [0, 0.05) is 35.4 Å². The quantitative estimate of drug-likeness (QED) is 0.259. The van der Waals surface area contributed by atoms with E-state index in [-0.39, 0.29) is 11.3 Å². The number of likely N-dealkylation sites (tertiary alicyclic amines) is 1. The van der Waals surface area contributed by atoms with Gasteiger partial charge in [0.15, 0.2) is 0 Å². The Morgan fingerprint density at radius 1 is 1.06 bits per heavy atom. The van der Waals surface area contributed by atoms with Crippen molar-refractivity contribution in [2.45, 2.75) is 12.5 Å². The molecule has 0 saturated carbocycles. The second-order valence-corrected chi connectivity index (χ2v) is 8.09. The van der Waals surface area contributed by atoms with Gasteiger partial charge in [-0.15, -0.1) is 0 Å². The Morgan fingerprint density at radius 3 is 2.56 bits per heavy atom. The van der Waals surface area contributed by atoms with E-state index in [0.717, 1.165) is 16.5 Å². The number of hydrogen-bond donors (Lipinski definition) is 2. The topological polar surface area (TPSA) is 95.5 Å². The number of benzene rings is 2. The number of carbonyl (C=O) groups excluding carboxylic acids is 2. The summed E-state index contributed by atoms with van der Waals surface area (Å²) in [6.45, 7) is 0.299. The molecule has 0 aliphatic carbocycles. The number of carbonyl (C=O) groups is 2. The fourth-order valence-corrected chi connectivity index (χ4v) is 4.44. The molecule has 1 atom stereocenters. The summed E-state index contributed by atoms with van der Waals surface area (Å²) >= 11 is 0. The average Bonchev–Trinajstić information content (AvgIpc) is 3.41. The molecule has 5 rings (SSSR count). The SMILES string of the molecule is COc1ccc(/C(O)=C2\C(=O)C(=O)N(CCc3c[nH]c4ccccc34)C2c2ccccn2)cc1. The Kier molecular flexibility index (Phi) is 5.59. The lowest BCUT2D eigenvalue weighted by atomic mass is 9.98. The number of nitrogens with zero attached hydrogens (tertiary/aromatic N) is 2. The zero-order chi connectivity index (χ0) is 23.7. The molecule has 1 unspecified atom stereocenters. The fourth-order valence-electron chi connectivity index (χ4n) is 4.44. The lowest BCUT2D eigenvalue weighted by Crippen LogP contribution is -2.32. The molecule has 1 saturated heterocycles. The molecule has 2 N–H and O–H groups in total. The van der Waals surface area contributed by atoms with E-state index in [2.05, 4.69) is 9.97 Å². The second kappa shape index (κ2) is 8.86. The third-order valence-corrected chi connectivity index (χ3v) is 6.17. The zero-order valence-corrected chi connectivity index (χ0v) is 18.6. The van der Waals surface area contributed by atoms with Crippen LogP contribution >= 0.6 is 0 Å². The zero-order valence-electron chi connectivity index (χ0n) is 18.6. The molecule has 0 bridgehead atoms. The van der Waals surface area contributed by atoms with Gasteiger partial charge >= 0.3 is 0 Å². The number of aromatic nitrogens is 2. The molecule has 0 spiro atoms. The van der Waals surface area contributed by atoms with Gasteiger partial charge in [-0.25, -0.2) is 0 Å². The summed E-state index contributed by atoms with van der Waals surface area (Å²) in [5.74, 6) is -0.975. The lowest BCUT2D eigenvalue weighted by molar-refractivity contribution is -0.139. The molecule has 3 heterocycles. The summed E-state index contributed by atoms with van der Waals surface area (Å²) in [6, 6.07) is 19.2. The minimum atomic E-state index is -0.784. The highest BCUT2D eigenvalue weighted by Gasteiger charge is 2.46. The molecular formula is C27H23N3O4. The molecular weight excluding hydrogens is 430 g/mol. The predicted molar refractivity (Wildman–Crippen MR) is 128 cm³/mol. The Morgan fingerprint density at radius 2 is 1.82 bits per heavy atom. The minimum absolute atomic E-state index is 0.0350. The molecule has 1 fully saturated rings. The number of para-hydroxylation sites is 1. The van der Waals surface area contributed by atoms with E-state index in [0.29, 0.717) is 30.0 Å². The van der Waals surface area contributed by atoms with Gasteiger partial charge in [-0.1, -0.05) is 24.3 Å². The number of aliphatic hydroxyl groups is 1. The van der Waals surface area contributed by atoms with E-state index in [9.17, 15) is 14.7 Å². The number of hydrogen-bond acceptors (Lipinski definition) is 5. The van der Waals surface area contributed by atoms with Crippen LogP contribution in [0.4, 0.5) is 0 Å². The van der Waals surface area contributed by atoms with Crippen LogP contribution < -0.4 is 4.74 Å². The summed E-state index contributed by atoms with van der Waals surface area (Å²) < 4.78 is 5.18. The third-order valence-electron chi connectivity index (χ3n) is 6.17. The van der Waals surface area contributed by atoms with Gasteiger partial charge in [0.2, 0.25) is 0 Å². The number of H-pyrrole nitrogens is 1. The molecule has 4 aromatic rings. The largest absolute Gasteiger partial charge is 0.507 e. The van der Waals surface area contributed by atoms with Crippen molar-refractivity contribution in [1.82, 2.24) is 14.9 Å². The number of methoxy groups -OCH3 is 1. The van der Waals surface area contributed by atoms with Crippen molar-refractivity contribution in [2.24, 2.45) is 0 Å². The Balaban J connectivity index is 1.54. The summed E-state index contributed by atoms with van der Waals surface area (Å²) in [4.78, 5) is 35.4. The molecule has 34 heavy (non-hydrogen) atoms. The van der Waals surface area contributed by atoms with E-state index in [1.54, 1.807) is 55.8 Å². The van der Waals surface area contributed by atoms with Gasteiger partial charge in [-0.2, -0.15) is 0 Å². The highest BCUT2D eigenvalue weighted by molar-refractivity contribution is 6.46. The van der Waals surface area contributed by atoms with Crippen LogP contribution in [0.3, 0.4) is 0 Å². The highest BCUT2D eigenvalue weighted by atomic mass is 16.5. The fraction of sp³-hybridized carbons (Fsp3) is 0.148. The highest BCUT2D eigenvalue weighted by Crippen LogP contribution is 2.39. The molecule has 170 valence electrons. The van der Waals surface area contributed by atoms with Gasteiger partial charge in [0.1, 0.15) is 17.6 Å². The van der Waals surface area contributed by atoms with Crippen molar-refractivity contribution in [3.63, 3.8) is 0 Å². The number of nitrogens with one attached hydrogen (secondary N) is 1. The molecule has 1 amide bonds. The van der Waals surface area contributed by atoms with Crippen molar-refractivity contribution in [3.8, 4) is 5.75 Å². The monoisotopic (exact) mass is 453 g/mol. The summed E-state index contributed by atoms with van der Waals surface area (Å²) in [7, 11) is 1.55. The second-order valence-electron chi connectivity index (χ2n) is 8.09. The average molecular weight is 453 g/mol. The number of Topliss-reactive ketones (excluding diaryl/α,β-unsaturated/α-hetero) is 1.